The van der Waals surface area contributed by atoms with E-state index < -0.39 is 10.0 Å². The first kappa shape index (κ1) is 15.8. The molecule has 0 radical (unpaired) electrons. The van der Waals surface area contributed by atoms with Crippen molar-refractivity contribution in [3.8, 4) is 0 Å². The number of nitrogens with one attached hydrogen (secondary N) is 1. The topological polar surface area (TPSA) is 68.3 Å². The molecule has 0 aromatic carbocycles. The third-order valence-corrected chi connectivity index (χ3v) is 5.14. The lowest BCUT2D eigenvalue weighted by atomic mass is 10.1. The number of ether oxygens (including phenoxy) is 1. The van der Waals surface area contributed by atoms with Gasteiger partial charge < -0.3 is 4.74 Å². The van der Waals surface area contributed by atoms with E-state index in [1.165, 1.54) is 6.20 Å². The predicted octanol–water partition coefficient (Wildman–Crippen LogP) is 2.14. The van der Waals surface area contributed by atoms with E-state index in [1.807, 2.05) is 0 Å². The Morgan fingerprint density at radius 3 is 2.78 bits per heavy atom. The normalized spacial score (nSPS) is 12.2. The fourth-order valence-electron chi connectivity index (χ4n) is 1.10. The minimum Gasteiger partial charge on any atom is -0.380 e. The summed E-state index contributed by atoms with van der Waals surface area (Å²) in [4.78, 5) is 3.69. The number of aromatic nitrogens is 1. The minimum absolute atomic E-state index is 0.120. The maximum atomic E-state index is 11.7. The number of nitrogens with zero attached hydrogens (tertiary/aromatic N) is 1. The smallest absolute Gasteiger partial charge is 0.251 e. The van der Waals surface area contributed by atoms with Crippen molar-refractivity contribution >= 4 is 33.0 Å². The Kier molecular flexibility index (Phi) is 6.51. The molecular weight excluding hydrogens is 296 g/mol. The molecule has 1 aromatic rings. The number of halogens is 1. The lowest BCUT2D eigenvalue weighted by molar-refractivity contribution is 0.128. The molecular formula is C10H17ClN2O3S2. The molecule has 1 heterocycles. The van der Waals surface area contributed by atoms with Crippen LogP contribution in [0.2, 0.25) is 4.47 Å². The fourth-order valence-corrected chi connectivity index (χ4v) is 3.45. The van der Waals surface area contributed by atoms with E-state index in [4.69, 9.17) is 16.3 Å². The number of thiazole rings is 1. The summed E-state index contributed by atoms with van der Waals surface area (Å²) >= 11 is 6.52. The summed E-state index contributed by atoms with van der Waals surface area (Å²) in [7, 11) is -3.50. The van der Waals surface area contributed by atoms with Crippen LogP contribution >= 0.6 is 22.9 Å². The van der Waals surface area contributed by atoms with E-state index in [0.29, 0.717) is 19.1 Å². The highest BCUT2D eigenvalue weighted by Crippen LogP contribution is 2.21. The van der Waals surface area contributed by atoms with Crippen molar-refractivity contribution in [2.24, 2.45) is 5.92 Å². The number of hydrogen-bond acceptors (Lipinski definition) is 5. The molecule has 0 fully saturated rings. The van der Waals surface area contributed by atoms with Crippen molar-refractivity contribution < 1.29 is 13.2 Å². The Balaban J connectivity index is 2.26. The molecule has 1 N–H and O–H groups in total. The van der Waals surface area contributed by atoms with E-state index in [1.54, 1.807) is 0 Å². The SMILES string of the molecule is CC(C)CCOCCNS(=O)(=O)c1cnc(Cl)s1. The van der Waals surface area contributed by atoms with Gasteiger partial charge in [-0.25, -0.2) is 18.1 Å². The lowest BCUT2D eigenvalue weighted by Crippen LogP contribution is -2.27. The Morgan fingerprint density at radius 1 is 1.50 bits per heavy atom. The van der Waals surface area contributed by atoms with Gasteiger partial charge in [-0.05, 0) is 12.3 Å². The largest absolute Gasteiger partial charge is 0.380 e. The van der Waals surface area contributed by atoms with Gasteiger partial charge in [0.2, 0.25) is 0 Å². The van der Waals surface area contributed by atoms with Crippen LogP contribution in [0.5, 0.6) is 0 Å². The maximum absolute atomic E-state index is 11.7. The van der Waals surface area contributed by atoms with Crippen molar-refractivity contribution in [3.05, 3.63) is 10.7 Å². The second-order valence-electron chi connectivity index (χ2n) is 4.12. The number of sulfonamides is 1. The van der Waals surface area contributed by atoms with E-state index in [-0.39, 0.29) is 15.2 Å². The van der Waals surface area contributed by atoms with Crippen molar-refractivity contribution in [1.29, 1.82) is 0 Å². The molecule has 1 rings (SSSR count). The zero-order valence-electron chi connectivity index (χ0n) is 10.3. The average Bonchev–Trinajstić information content (AvgIpc) is 2.70. The van der Waals surface area contributed by atoms with Crippen LogP contribution in [-0.2, 0) is 14.8 Å². The second kappa shape index (κ2) is 7.40. The highest BCUT2D eigenvalue weighted by molar-refractivity contribution is 7.91. The summed E-state index contributed by atoms with van der Waals surface area (Å²) in [6.45, 7) is 5.47. The van der Waals surface area contributed by atoms with E-state index in [0.717, 1.165) is 17.8 Å². The molecule has 0 bridgehead atoms. The van der Waals surface area contributed by atoms with Gasteiger partial charge in [-0.2, -0.15) is 0 Å². The van der Waals surface area contributed by atoms with Gasteiger partial charge in [-0.1, -0.05) is 36.8 Å². The average molecular weight is 313 g/mol. The van der Waals surface area contributed by atoms with E-state index in [9.17, 15) is 8.42 Å². The van der Waals surface area contributed by atoms with Crippen LogP contribution in [0, 0.1) is 5.92 Å². The van der Waals surface area contributed by atoms with Gasteiger partial charge in [0, 0.05) is 13.2 Å². The van der Waals surface area contributed by atoms with Crippen molar-refractivity contribution in [3.63, 3.8) is 0 Å². The van der Waals surface area contributed by atoms with Crippen LogP contribution in [0.4, 0.5) is 0 Å². The zero-order chi connectivity index (χ0) is 13.6. The molecule has 5 nitrogen and oxygen atoms in total. The van der Waals surface area contributed by atoms with Gasteiger partial charge in [-0.3, -0.25) is 0 Å². The highest BCUT2D eigenvalue weighted by Gasteiger charge is 2.16. The molecule has 0 atom stereocenters. The first-order valence-electron chi connectivity index (χ1n) is 5.60. The Hall–Kier alpha value is -0.210. The van der Waals surface area contributed by atoms with Crippen LogP contribution in [0.3, 0.4) is 0 Å². The van der Waals surface area contributed by atoms with Gasteiger partial charge in [0.15, 0.2) is 8.68 Å². The van der Waals surface area contributed by atoms with E-state index in [2.05, 4.69) is 23.6 Å². The molecule has 0 aliphatic rings. The minimum atomic E-state index is -3.50. The standard InChI is InChI=1S/C10H17ClN2O3S2/c1-8(2)3-5-16-6-4-13-18(14,15)9-7-12-10(11)17-9/h7-8,13H,3-6H2,1-2H3. The predicted molar refractivity (Wildman–Crippen MR) is 72.6 cm³/mol. The van der Waals surface area contributed by atoms with Crippen molar-refractivity contribution in [2.75, 3.05) is 19.8 Å². The molecule has 0 saturated carbocycles. The van der Waals surface area contributed by atoms with Crippen molar-refractivity contribution in [2.45, 2.75) is 24.5 Å². The molecule has 0 aliphatic carbocycles. The first-order chi connectivity index (χ1) is 8.42. The van der Waals surface area contributed by atoms with Crippen LogP contribution in [0.25, 0.3) is 0 Å². The third-order valence-electron chi connectivity index (χ3n) is 2.10. The number of hydrogen-bond donors (Lipinski definition) is 1. The van der Waals surface area contributed by atoms with Gasteiger partial charge in [0.1, 0.15) is 0 Å². The second-order valence-corrected chi connectivity index (χ2v) is 7.73. The van der Waals surface area contributed by atoms with E-state index >= 15 is 0 Å². The summed E-state index contributed by atoms with van der Waals surface area (Å²) in [6.07, 6.45) is 2.21. The van der Waals surface area contributed by atoms with Gasteiger partial charge >= 0.3 is 0 Å². The molecule has 0 spiro atoms. The van der Waals surface area contributed by atoms with Gasteiger partial charge in [0.25, 0.3) is 10.0 Å². The van der Waals surface area contributed by atoms with Gasteiger partial charge in [-0.15, -0.1) is 0 Å². The quantitative estimate of drug-likeness (QED) is 0.747. The molecule has 0 unspecified atom stereocenters. The lowest BCUT2D eigenvalue weighted by Gasteiger charge is -2.07. The molecule has 1 aromatic heterocycles. The Labute approximate surface area is 117 Å². The molecule has 0 saturated heterocycles. The summed E-state index contributed by atoms with van der Waals surface area (Å²) in [6, 6.07) is 0. The molecule has 8 heteroatoms. The summed E-state index contributed by atoms with van der Waals surface area (Å²) in [5.41, 5.74) is 0. The number of rotatable bonds is 8. The third kappa shape index (κ3) is 5.62. The fraction of sp³-hybridized carbons (Fsp3) is 0.700. The summed E-state index contributed by atoms with van der Waals surface area (Å²) in [5, 5.41) is 0. The van der Waals surface area contributed by atoms with Gasteiger partial charge in [0.05, 0.1) is 12.8 Å². The van der Waals surface area contributed by atoms with Crippen molar-refractivity contribution in [1.82, 2.24) is 9.71 Å². The molecule has 0 aliphatic heterocycles. The molecule has 104 valence electrons. The summed E-state index contributed by atoms with van der Waals surface area (Å²) in [5.74, 6) is 0.584. The van der Waals surface area contributed by atoms with Crippen LogP contribution in [-0.4, -0.2) is 33.2 Å². The Bertz CT molecular complexity index is 459. The zero-order valence-corrected chi connectivity index (χ0v) is 12.7. The Morgan fingerprint density at radius 2 is 2.22 bits per heavy atom. The van der Waals surface area contributed by atoms with Crippen LogP contribution < -0.4 is 4.72 Å². The highest BCUT2D eigenvalue weighted by atomic mass is 35.5. The first-order valence-corrected chi connectivity index (χ1v) is 8.28. The monoisotopic (exact) mass is 312 g/mol. The summed E-state index contributed by atoms with van der Waals surface area (Å²) < 4.78 is 31.5. The maximum Gasteiger partial charge on any atom is 0.251 e. The van der Waals surface area contributed by atoms with Crippen LogP contribution in [0.15, 0.2) is 10.4 Å². The van der Waals surface area contributed by atoms with Crippen LogP contribution in [0.1, 0.15) is 20.3 Å². The molecule has 18 heavy (non-hydrogen) atoms. The molecule has 0 amide bonds.